The molecule has 0 saturated heterocycles. The van der Waals surface area contributed by atoms with Gasteiger partial charge in [0.05, 0.1) is 17.7 Å². The first-order valence-corrected chi connectivity index (χ1v) is 16.5. The highest BCUT2D eigenvalue weighted by Crippen LogP contribution is 2.28. The van der Waals surface area contributed by atoms with Crippen molar-refractivity contribution in [3.63, 3.8) is 0 Å². The summed E-state index contributed by atoms with van der Waals surface area (Å²) in [5.41, 5.74) is 1.85. The number of nitrogens with one attached hydrogen (secondary N) is 1. The average Bonchev–Trinajstić information content (AvgIpc) is 3.06. The first kappa shape index (κ1) is 33.6. The third-order valence-electron chi connectivity index (χ3n) is 7.49. The van der Waals surface area contributed by atoms with Crippen molar-refractivity contribution in [3.05, 3.63) is 125 Å². The van der Waals surface area contributed by atoms with Crippen molar-refractivity contribution in [2.45, 2.75) is 50.2 Å². The molecule has 0 spiro atoms. The zero-order valence-corrected chi connectivity index (χ0v) is 27.2. The SMILES string of the molecule is CC[C@@H](C)NC(=O)[C@@H](Cc1ccccc1)N(Cc1ccc(Cl)cc1)C(=O)CN(c1cccc(OC)c1)S(=O)(=O)c1ccccc1. The highest BCUT2D eigenvalue weighted by molar-refractivity contribution is 7.92. The third kappa shape index (κ3) is 8.86. The summed E-state index contributed by atoms with van der Waals surface area (Å²) in [5, 5.41) is 3.57. The monoisotopic (exact) mass is 647 g/mol. The topological polar surface area (TPSA) is 96.0 Å². The molecular formula is C35H38ClN3O5S. The van der Waals surface area contributed by atoms with Crippen molar-refractivity contribution in [2.75, 3.05) is 18.0 Å². The van der Waals surface area contributed by atoms with E-state index in [1.807, 2.05) is 44.2 Å². The zero-order valence-electron chi connectivity index (χ0n) is 25.6. The quantitative estimate of drug-likeness (QED) is 0.179. The normalized spacial score (nSPS) is 12.5. The van der Waals surface area contributed by atoms with E-state index in [0.717, 1.165) is 15.4 Å². The van der Waals surface area contributed by atoms with Crippen molar-refractivity contribution in [1.29, 1.82) is 0 Å². The molecule has 0 unspecified atom stereocenters. The largest absolute Gasteiger partial charge is 0.497 e. The van der Waals surface area contributed by atoms with Crippen LogP contribution in [0.4, 0.5) is 5.69 Å². The molecule has 0 aliphatic rings. The van der Waals surface area contributed by atoms with E-state index in [-0.39, 0.29) is 35.5 Å². The predicted molar refractivity (Wildman–Crippen MR) is 178 cm³/mol. The summed E-state index contributed by atoms with van der Waals surface area (Å²) in [6.07, 6.45) is 0.931. The summed E-state index contributed by atoms with van der Waals surface area (Å²) < 4.78 is 34.6. The third-order valence-corrected chi connectivity index (χ3v) is 9.53. The van der Waals surface area contributed by atoms with E-state index in [0.29, 0.717) is 17.2 Å². The summed E-state index contributed by atoms with van der Waals surface area (Å²) in [6.45, 7) is 3.37. The van der Waals surface area contributed by atoms with Gasteiger partial charge in [-0.1, -0.05) is 85.3 Å². The summed E-state index contributed by atoms with van der Waals surface area (Å²) in [5.74, 6) is -0.442. The Kier molecular flexibility index (Phi) is 11.6. The van der Waals surface area contributed by atoms with E-state index in [2.05, 4.69) is 5.32 Å². The lowest BCUT2D eigenvalue weighted by molar-refractivity contribution is -0.140. The van der Waals surface area contributed by atoms with Crippen LogP contribution in [0.5, 0.6) is 5.75 Å². The standard InChI is InChI=1S/C35H38ClN3O5S/c1-4-26(2)37-35(41)33(22-27-12-7-5-8-13-27)38(24-28-18-20-29(36)21-19-28)34(40)25-39(30-14-11-15-31(23-30)44-3)45(42,43)32-16-9-6-10-17-32/h5-21,23,26,33H,4,22,24-25H2,1-3H3,(H,37,41)/t26-,33-/m1/s1. The Morgan fingerprint density at radius 3 is 2.13 bits per heavy atom. The molecule has 4 aromatic carbocycles. The lowest BCUT2D eigenvalue weighted by atomic mass is 10.0. The molecule has 45 heavy (non-hydrogen) atoms. The van der Waals surface area contributed by atoms with Crippen molar-refractivity contribution in [2.24, 2.45) is 0 Å². The fourth-order valence-corrected chi connectivity index (χ4v) is 6.35. The Balaban J connectivity index is 1.81. The molecule has 0 heterocycles. The van der Waals surface area contributed by atoms with Crippen LogP contribution in [-0.2, 0) is 32.6 Å². The van der Waals surface area contributed by atoms with Gasteiger partial charge in [-0.2, -0.15) is 0 Å². The van der Waals surface area contributed by atoms with Crippen LogP contribution in [-0.4, -0.2) is 50.9 Å². The zero-order chi connectivity index (χ0) is 32.4. The molecule has 2 atom stereocenters. The number of amides is 2. The van der Waals surface area contributed by atoms with Gasteiger partial charge in [0.1, 0.15) is 18.3 Å². The van der Waals surface area contributed by atoms with Crippen molar-refractivity contribution in [1.82, 2.24) is 10.2 Å². The minimum atomic E-state index is -4.20. The minimum Gasteiger partial charge on any atom is -0.497 e. The second-order valence-electron chi connectivity index (χ2n) is 10.7. The van der Waals surface area contributed by atoms with E-state index < -0.39 is 28.5 Å². The van der Waals surface area contributed by atoms with Gasteiger partial charge in [0.15, 0.2) is 0 Å². The summed E-state index contributed by atoms with van der Waals surface area (Å²) in [4.78, 5) is 29.9. The van der Waals surface area contributed by atoms with Crippen molar-refractivity contribution < 1.29 is 22.7 Å². The molecule has 0 aromatic heterocycles. The van der Waals surface area contributed by atoms with Gasteiger partial charge in [-0.3, -0.25) is 13.9 Å². The number of methoxy groups -OCH3 is 1. The predicted octanol–water partition coefficient (Wildman–Crippen LogP) is 6.10. The van der Waals surface area contributed by atoms with Gasteiger partial charge in [0.25, 0.3) is 10.0 Å². The van der Waals surface area contributed by atoms with Gasteiger partial charge in [0.2, 0.25) is 11.8 Å². The molecule has 10 heteroatoms. The van der Waals surface area contributed by atoms with Gasteiger partial charge in [-0.25, -0.2) is 8.42 Å². The Morgan fingerprint density at radius 1 is 0.867 bits per heavy atom. The van der Waals surface area contributed by atoms with Crippen LogP contribution < -0.4 is 14.4 Å². The fraction of sp³-hybridized carbons (Fsp3) is 0.257. The molecule has 236 valence electrons. The molecule has 8 nitrogen and oxygen atoms in total. The molecule has 0 radical (unpaired) electrons. The molecule has 0 aliphatic carbocycles. The average molecular weight is 648 g/mol. The molecule has 4 aromatic rings. The van der Waals surface area contributed by atoms with Crippen LogP contribution in [0.1, 0.15) is 31.4 Å². The van der Waals surface area contributed by atoms with E-state index in [4.69, 9.17) is 16.3 Å². The summed E-state index contributed by atoms with van der Waals surface area (Å²) >= 11 is 6.15. The maximum Gasteiger partial charge on any atom is 0.264 e. The first-order chi connectivity index (χ1) is 21.6. The van der Waals surface area contributed by atoms with Crippen molar-refractivity contribution >= 4 is 39.1 Å². The molecule has 2 amide bonds. The molecular weight excluding hydrogens is 610 g/mol. The number of sulfonamides is 1. The second kappa shape index (κ2) is 15.6. The lowest BCUT2D eigenvalue weighted by Crippen LogP contribution is -2.54. The number of rotatable bonds is 14. The van der Waals surface area contributed by atoms with Crippen LogP contribution in [0.25, 0.3) is 0 Å². The van der Waals surface area contributed by atoms with Crippen LogP contribution >= 0.6 is 11.6 Å². The van der Waals surface area contributed by atoms with E-state index in [1.165, 1.54) is 24.1 Å². The van der Waals surface area contributed by atoms with Gasteiger partial charge in [-0.15, -0.1) is 0 Å². The number of halogens is 1. The maximum absolute atomic E-state index is 14.5. The first-order valence-electron chi connectivity index (χ1n) is 14.7. The number of hydrogen-bond donors (Lipinski definition) is 1. The fourth-order valence-electron chi connectivity index (χ4n) is 4.80. The Labute approximate surface area is 270 Å². The summed E-state index contributed by atoms with van der Waals surface area (Å²) in [7, 11) is -2.72. The molecule has 0 aliphatic heterocycles. The van der Waals surface area contributed by atoms with Crippen molar-refractivity contribution in [3.8, 4) is 5.75 Å². The highest BCUT2D eigenvalue weighted by atomic mass is 35.5. The second-order valence-corrected chi connectivity index (χ2v) is 13.0. The Morgan fingerprint density at radius 2 is 1.51 bits per heavy atom. The Hall–Kier alpha value is -4.34. The van der Waals surface area contributed by atoms with Crippen LogP contribution in [0.2, 0.25) is 5.02 Å². The number of hydrogen-bond acceptors (Lipinski definition) is 5. The molecule has 0 fully saturated rings. The molecule has 0 saturated carbocycles. The highest BCUT2D eigenvalue weighted by Gasteiger charge is 2.35. The molecule has 0 bridgehead atoms. The number of anilines is 1. The van der Waals surface area contributed by atoms with E-state index in [1.54, 1.807) is 66.7 Å². The van der Waals surface area contributed by atoms with Gasteiger partial charge in [0, 0.05) is 30.1 Å². The number of carbonyl (C=O) groups excluding carboxylic acids is 2. The van der Waals surface area contributed by atoms with Crippen LogP contribution in [0.15, 0.2) is 114 Å². The van der Waals surface area contributed by atoms with Gasteiger partial charge < -0.3 is 15.0 Å². The number of benzene rings is 4. The number of ether oxygens (including phenoxy) is 1. The maximum atomic E-state index is 14.5. The van der Waals surface area contributed by atoms with Crippen LogP contribution in [0, 0.1) is 0 Å². The van der Waals surface area contributed by atoms with E-state index >= 15 is 0 Å². The molecule has 1 N–H and O–H groups in total. The van der Waals surface area contributed by atoms with Gasteiger partial charge in [-0.05, 0) is 60.9 Å². The van der Waals surface area contributed by atoms with E-state index in [9.17, 15) is 18.0 Å². The molecule has 4 rings (SSSR count). The van der Waals surface area contributed by atoms with Crippen LogP contribution in [0.3, 0.4) is 0 Å². The Bertz CT molecular complexity index is 1670. The number of nitrogens with zero attached hydrogens (tertiary/aromatic N) is 2. The van der Waals surface area contributed by atoms with Gasteiger partial charge >= 0.3 is 0 Å². The minimum absolute atomic E-state index is 0.0280. The summed E-state index contributed by atoms with van der Waals surface area (Å²) in [6, 6.07) is 29.8. The number of carbonyl (C=O) groups is 2. The smallest absolute Gasteiger partial charge is 0.264 e. The lowest BCUT2D eigenvalue weighted by Gasteiger charge is -2.34.